The van der Waals surface area contributed by atoms with Crippen molar-refractivity contribution in [3.05, 3.63) is 21.9 Å². The fourth-order valence-electron chi connectivity index (χ4n) is 0.996. The molecule has 4 N–H and O–H groups in total. The van der Waals surface area contributed by atoms with Crippen LogP contribution in [-0.4, -0.2) is 5.11 Å². The molecule has 0 saturated carbocycles. The Bertz CT molecular complexity index is 295. The molecule has 0 saturated heterocycles. The van der Waals surface area contributed by atoms with Gasteiger partial charge in [-0.15, -0.1) is 11.3 Å². The molecule has 0 spiro atoms. The molecule has 1 atom stereocenters. The summed E-state index contributed by atoms with van der Waals surface area (Å²) >= 11 is 6.65. The summed E-state index contributed by atoms with van der Waals surface area (Å²) in [6.45, 7) is 4.13. The van der Waals surface area contributed by atoms with Crippen LogP contribution >= 0.6 is 23.6 Å². The molecule has 5 heteroatoms. The van der Waals surface area contributed by atoms with Gasteiger partial charge in [-0.2, -0.15) is 0 Å². The number of hydrazine groups is 1. The molecule has 3 nitrogen and oxygen atoms in total. The molecule has 0 aliphatic rings. The van der Waals surface area contributed by atoms with Gasteiger partial charge in [-0.1, -0.05) is 0 Å². The first-order valence-electron chi connectivity index (χ1n) is 3.97. The molecule has 0 amide bonds. The molecular weight excluding hydrogens is 202 g/mol. The van der Waals surface area contributed by atoms with Crippen molar-refractivity contribution in [3.8, 4) is 0 Å². The van der Waals surface area contributed by atoms with Crippen molar-refractivity contribution in [2.45, 2.75) is 19.9 Å². The van der Waals surface area contributed by atoms with E-state index in [0.717, 1.165) is 0 Å². The predicted molar refractivity (Wildman–Crippen MR) is 60.5 cm³/mol. The summed E-state index contributed by atoms with van der Waals surface area (Å²) in [6.07, 6.45) is 0. The molecule has 0 aliphatic heterocycles. The zero-order chi connectivity index (χ0) is 9.84. The summed E-state index contributed by atoms with van der Waals surface area (Å²) in [4.78, 5) is 2.56. The van der Waals surface area contributed by atoms with Crippen LogP contribution in [0.5, 0.6) is 0 Å². The Morgan fingerprint density at radius 2 is 2.31 bits per heavy atom. The monoisotopic (exact) mass is 215 g/mol. The minimum atomic E-state index is 0.210. The third-order valence-corrected chi connectivity index (χ3v) is 3.09. The lowest BCUT2D eigenvalue weighted by molar-refractivity contribution is 0.716. The number of nitrogens with two attached hydrogens (primary N) is 1. The van der Waals surface area contributed by atoms with Crippen LogP contribution < -0.4 is 16.6 Å². The number of rotatable bonds is 2. The van der Waals surface area contributed by atoms with E-state index < -0.39 is 0 Å². The summed E-state index contributed by atoms with van der Waals surface area (Å²) in [5.74, 6) is 5.15. The molecule has 0 radical (unpaired) electrons. The number of aryl methyl sites for hydroxylation is 1. The first kappa shape index (κ1) is 10.4. The molecule has 1 aromatic rings. The highest BCUT2D eigenvalue weighted by atomic mass is 32.1. The van der Waals surface area contributed by atoms with Crippen LogP contribution in [-0.2, 0) is 0 Å². The smallest absolute Gasteiger partial charge is 0.181 e. The maximum Gasteiger partial charge on any atom is 0.181 e. The molecule has 0 aliphatic carbocycles. The Labute approximate surface area is 87.3 Å². The summed E-state index contributed by atoms with van der Waals surface area (Å²) in [5.41, 5.74) is 2.40. The van der Waals surface area contributed by atoms with Gasteiger partial charge in [0.05, 0.1) is 6.04 Å². The third-order valence-electron chi connectivity index (χ3n) is 1.67. The highest BCUT2D eigenvalue weighted by molar-refractivity contribution is 7.80. The molecule has 0 fully saturated rings. The average molecular weight is 215 g/mol. The van der Waals surface area contributed by atoms with Crippen LogP contribution in [0.15, 0.2) is 12.1 Å². The quantitative estimate of drug-likeness (QED) is 0.397. The first-order valence-corrected chi connectivity index (χ1v) is 5.19. The van der Waals surface area contributed by atoms with Crippen molar-refractivity contribution < 1.29 is 0 Å². The minimum absolute atomic E-state index is 0.210. The van der Waals surface area contributed by atoms with Gasteiger partial charge in [-0.25, -0.2) is 5.84 Å². The SMILES string of the molecule is Cc1ccc(C(C)NC(=S)NN)s1. The number of hydrogen-bond acceptors (Lipinski definition) is 3. The van der Waals surface area contributed by atoms with Gasteiger partial charge in [-0.3, -0.25) is 0 Å². The highest BCUT2D eigenvalue weighted by Crippen LogP contribution is 2.21. The third kappa shape index (κ3) is 2.95. The number of hydrogen-bond donors (Lipinski definition) is 3. The number of thiophene rings is 1. The van der Waals surface area contributed by atoms with Crippen LogP contribution in [0.2, 0.25) is 0 Å². The van der Waals surface area contributed by atoms with E-state index in [2.05, 4.69) is 36.7 Å². The molecule has 0 bridgehead atoms. The molecular formula is C8H13N3S2. The molecule has 0 aromatic carbocycles. The van der Waals surface area contributed by atoms with E-state index in [4.69, 9.17) is 18.1 Å². The van der Waals surface area contributed by atoms with Crippen LogP contribution in [0.1, 0.15) is 22.7 Å². The van der Waals surface area contributed by atoms with Gasteiger partial charge >= 0.3 is 0 Å². The second-order valence-electron chi connectivity index (χ2n) is 2.79. The van der Waals surface area contributed by atoms with Crippen molar-refractivity contribution in [3.63, 3.8) is 0 Å². The average Bonchev–Trinajstić information content (AvgIpc) is 2.51. The largest absolute Gasteiger partial charge is 0.354 e. The van der Waals surface area contributed by atoms with Crippen molar-refractivity contribution in [1.29, 1.82) is 0 Å². The number of thiocarbonyl (C=S) groups is 1. The molecule has 72 valence electrons. The summed E-state index contributed by atoms with van der Waals surface area (Å²) in [7, 11) is 0. The van der Waals surface area contributed by atoms with Gasteiger partial charge < -0.3 is 10.7 Å². The second-order valence-corrected chi connectivity index (χ2v) is 4.52. The lowest BCUT2D eigenvalue weighted by Crippen LogP contribution is -2.40. The fraction of sp³-hybridized carbons (Fsp3) is 0.375. The van der Waals surface area contributed by atoms with Crippen molar-refractivity contribution >= 4 is 28.7 Å². The molecule has 1 aromatic heterocycles. The van der Waals surface area contributed by atoms with E-state index in [9.17, 15) is 0 Å². The first-order chi connectivity index (χ1) is 6.13. The lowest BCUT2D eigenvalue weighted by atomic mass is 10.3. The van der Waals surface area contributed by atoms with Crippen LogP contribution in [0.25, 0.3) is 0 Å². The Hall–Kier alpha value is -0.650. The van der Waals surface area contributed by atoms with Crippen LogP contribution in [0.3, 0.4) is 0 Å². The van der Waals surface area contributed by atoms with Gasteiger partial charge in [0.25, 0.3) is 0 Å². The lowest BCUT2D eigenvalue weighted by Gasteiger charge is -2.13. The van der Waals surface area contributed by atoms with Crippen molar-refractivity contribution in [2.24, 2.45) is 5.84 Å². The number of nitrogens with one attached hydrogen (secondary N) is 2. The molecule has 1 rings (SSSR count). The maximum absolute atomic E-state index is 5.15. The zero-order valence-electron chi connectivity index (χ0n) is 7.63. The highest BCUT2D eigenvalue weighted by Gasteiger charge is 2.07. The normalized spacial score (nSPS) is 12.2. The topological polar surface area (TPSA) is 50.1 Å². The van der Waals surface area contributed by atoms with E-state index in [1.165, 1.54) is 9.75 Å². The summed E-state index contributed by atoms with van der Waals surface area (Å²) < 4.78 is 0. The summed E-state index contributed by atoms with van der Waals surface area (Å²) in [6, 6.07) is 4.40. The maximum atomic E-state index is 5.15. The van der Waals surface area contributed by atoms with E-state index in [0.29, 0.717) is 5.11 Å². The Morgan fingerprint density at radius 1 is 1.62 bits per heavy atom. The standard InChI is InChI=1S/C8H13N3S2/c1-5-3-4-7(13-5)6(2)10-8(12)11-9/h3-4,6H,9H2,1-2H3,(H2,10,11,12). The fourth-order valence-corrected chi connectivity index (χ4v) is 2.05. The Kier molecular flexibility index (Phi) is 3.65. The van der Waals surface area contributed by atoms with Gasteiger partial charge in [0.2, 0.25) is 0 Å². The molecule has 13 heavy (non-hydrogen) atoms. The zero-order valence-corrected chi connectivity index (χ0v) is 9.26. The van der Waals surface area contributed by atoms with E-state index in [1.807, 2.05) is 0 Å². The van der Waals surface area contributed by atoms with E-state index >= 15 is 0 Å². The second kappa shape index (κ2) is 4.55. The van der Waals surface area contributed by atoms with Gasteiger partial charge in [0.15, 0.2) is 5.11 Å². The summed E-state index contributed by atoms with van der Waals surface area (Å²) in [5, 5.41) is 3.54. The van der Waals surface area contributed by atoms with Crippen molar-refractivity contribution in [2.75, 3.05) is 0 Å². The van der Waals surface area contributed by atoms with Crippen LogP contribution in [0.4, 0.5) is 0 Å². The van der Waals surface area contributed by atoms with Crippen LogP contribution in [0, 0.1) is 6.92 Å². The van der Waals surface area contributed by atoms with E-state index in [-0.39, 0.29) is 6.04 Å². The van der Waals surface area contributed by atoms with Crippen molar-refractivity contribution in [1.82, 2.24) is 10.7 Å². The van der Waals surface area contributed by atoms with Gasteiger partial charge in [0.1, 0.15) is 0 Å². The van der Waals surface area contributed by atoms with Gasteiger partial charge in [-0.05, 0) is 38.2 Å². The molecule has 1 heterocycles. The molecule has 1 unspecified atom stereocenters. The van der Waals surface area contributed by atoms with E-state index in [1.54, 1.807) is 11.3 Å². The Balaban J connectivity index is 2.58. The minimum Gasteiger partial charge on any atom is -0.354 e. The Morgan fingerprint density at radius 3 is 2.77 bits per heavy atom. The van der Waals surface area contributed by atoms with Gasteiger partial charge in [0, 0.05) is 9.75 Å². The predicted octanol–water partition coefficient (Wildman–Crippen LogP) is 1.46.